The van der Waals surface area contributed by atoms with Gasteiger partial charge >= 0.3 is 0 Å². The molecule has 0 fully saturated rings. The molecule has 0 amide bonds. The fraction of sp³-hybridized carbons (Fsp3) is 0. The Morgan fingerprint density at radius 1 is 1.09 bits per heavy atom. The first-order valence-corrected chi connectivity index (χ1v) is 6.94. The molecule has 0 unspecified atom stereocenters. The number of hydrogen-bond donors (Lipinski definition) is 2. The van der Waals surface area contributed by atoms with Gasteiger partial charge in [-0.2, -0.15) is 5.26 Å². The van der Waals surface area contributed by atoms with Crippen LogP contribution in [0.1, 0.15) is 5.56 Å². The molecule has 6 heteroatoms. The van der Waals surface area contributed by atoms with Gasteiger partial charge in [-0.15, -0.1) is 5.10 Å². The Morgan fingerprint density at radius 3 is 2.45 bits per heavy atom. The fourth-order valence-electron chi connectivity index (χ4n) is 2.08. The van der Waals surface area contributed by atoms with Gasteiger partial charge < -0.3 is 11.1 Å². The molecule has 0 aliphatic heterocycles. The van der Waals surface area contributed by atoms with Crippen molar-refractivity contribution in [1.82, 2.24) is 9.78 Å². The Balaban J connectivity index is 2.06. The minimum atomic E-state index is 0.281. The molecule has 0 spiro atoms. The lowest BCUT2D eigenvalue weighted by atomic mass is 10.3. The standard InChI is InChI=1S/C16H12ClN5/c17-13-8-4-5-9-14(13)20-16-12(10-18)15(19)22(21-16)11-6-2-1-3-7-11/h1-9H,19H2,(H,20,21). The molecule has 0 atom stereocenters. The predicted octanol–water partition coefficient (Wildman–Crippen LogP) is 3.72. The molecule has 3 aromatic rings. The van der Waals surface area contributed by atoms with Crippen molar-refractivity contribution in [3.8, 4) is 11.8 Å². The van der Waals surface area contributed by atoms with Gasteiger partial charge in [0.2, 0.25) is 0 Å². The molecular weight excluding hydrogens is 298 g/mol. The first-order valence-electron chi connectivity index (χ1n) is 6.56. The Kier molecular flexibility index (Phi) is 3.69. The lowest BCUT2D eigenvalue weighted by molar-refractivity contribution is 0.895. The van der Waals surface area contributed by atoms with E-state index >= 15 is 0 Å². The van der Waals surface area contributed by atoms with Gasteiger partial charge in [0, 0.05) is 0 Å². The number of halogens is 1. The molecule has 3 N–H and O–H groups in total. The maximum absolute atomic E-state index is 9.35. The molecule has 2 aromatic carbocycles. The normalized spacial score (nSPS) is 10.2. The zero-order valence-electron chi connectivity index (χ0n) is 11.5. The Hall–Kier alpha value is -2.97. The molecule has 1 aromatic heterocycles. The number of benzene rings is 2. The number of rotatable bonds is 3. The molecule has 1 heterocycles. The van der Waals surface area contributed by atoms with Crippen LogP contribution in [0.4, 0.5) is 17.3 Å². The van der Waals surface area contributed by atoms with Crippen LogP contribution in [0, 0.1) is 11.3 Å². The lowest BCUT2D eigenvalue weighted by Gasteiger charge is -2.05. The molecule has 0 aliphatic carbocycles. The van der Waals surface area contributed by atoms with Crippen LogP contribution in [0.3, 0.4) is 0 Å². The van der Waals surface area contributed by atoms with Gasteiger partial charge in [0.05, 0.1) is 16.4 Å². The maximum Gasteiger partial charge on any atom is 0.173 e. The van der Waals surface area contributed by atoms with Crippen molar-refractivity contribution in [1.29, 1.82) is 5.26 Å². The summed E-state index contributed by atoms with van der Waals surface area (Å²) in [6.45, 7) is 0. The van der Waals surface area contributed by atoms with Crippen molar-refractivity contribution in [3.63, 3.8) is 0 Å². The van der Waals surface area contributed by atoms with E-state index in [4.69, 9.17) is 17.3 Å². The molecule has 108 valence electrons. The van der Waals surface area contributed by atoms with Gasteiger partial charge in [-0.3, -0.25) is 0 Å². The van der Waals surface area contributed by atoms with E-state index in [2.05, 4.69) is 16.5 Å². The zero-order chi connectivity index (χ0) is 15.5. The van der Waals surface area contributed by atoms with Crippen LogP contribution in [0.2, 0.25) is 5.02 Å². The number of nitriles is 1. The Morgan fingerprint density at radius 2 is 1.77 bits per heavy atom. The lowest BCUT2D eigenvalue weighted by Crippen LogP contribution is -2.02. The molecule has 0 saturated heterocycles. The predicted molar refractivity (Wildman–Crippen MR) is 87.4 cm³/mol. The summed E-state index contributed by atoms with van der Waals surface area (Å²) >= 11 is 6.12. The third kappa shape index (κ3) is 2.48. The van der Waals surface area contributed by atoms with Gasteiger partial charge in [-0.25, -0.2) is 4.68 Å². The molecule has 0 bridgehead atoms. The second-order valence-electron chi connectivity index (χ2n) is 4.57. The highest BCUT2D eigenvalue weighted by Crippen LogP contribution is 2.29. The summed E-state index contributed by atoms with van der Waals surface area (Å²) in [5.41, 5.74) is 7.77. The second-order valence-corrected chi connectivity index (χ2v) is 4.98. The monoisotopic (exact) mass is 309 g/mol. The topological polar surface area (TPSA) is 79.7 Å². The van der Waals surface area contributed by atoms with E-state index in [1.54, 1.807) is 12.1 Å². The van der Waals surface area contributed by atoms with Crippen molar-refractivity contribution in [2.75, 3.05) is 11.1 Å². The first-order chi connectivity index (χ1) is 10.7. The third-order valence-corrected chi connectivity index (χ3v) is 3.49. The number of hydrogen-bond acceptors (Lipinski definition) is 4. The van der Waals surface area contributed by atoms with E-state index < -0.39 is 0 Å². The number of nitrogen functional groups attached to an aromatic ring is 1. The van der Waals surface area contributed by atoms with E-state index in [0.717, 1.165) is 5.69 Å². The number of anilines is 3. The van der Waals surface area contributed by atoms with Crippen LogP contribution in [-0.4, -0.2) is 9.78 Å². The molecule has 0 aliphatic rings. The molecular formula is C16H12ClN5. The highest BCUT2D eigenvalue weighted by atomic mass is 35.5. The number of aromatic nitrogens is 2. The van der Waals surface area contributed by atoms with E-state index in [9.17, 15) is 5.26 Å². The number of nitrogens with two attached hydrogens (primary N) is 1. The third-order valence-electron chi connectivity index (χ3n) is 3.16. The minimum Gasteiger partial charge on any atom is -0.382 e. The van der Waals surface area contributed by atoms with Crippen molar-refractivity contribution < 1.29 is 0 Å². The summed E-state index contributed by atoms with van der Waals surface area (Å²) in [7, 11) is 0. The van der Waals surface area contributed by atoms with Crippen LogP contribution in [0.5, 0.6) is 0 Å². The van der Waals surface area contributed by atoms with Crippen LogP contribution < -0.4 is 11.1 Å². The average Bonchev–Trinajstić information content (AvgIpc) is 2.86. The van der Waals surface area contributed by atoms with Crippen molar-refractivity contribution in [3.05, 3.63) is 65.2 Å². The van der Waals surface area contributed by atoms with E-state index in [1.807, 2.05) is 42.5 Å². The Labute approximate surface area is 132 Å². The molecule has 5 nitrogen and oxygen atoms in total. The molecule has 22 heavy (non-hydrogen) atoms. The van der Waals surface area contributed by atoms with Crippen LogP contribution in [0.25, 0.3) is 5.69 Å². The highest BCUT2D eigenvalue weighted by Gasteiger charge is 2.17. The van der Waals surface area contributed by atoms with Gasteiger partial charge in [0.15, 0.2) is 5.82 Å². The van der Waals surface area contributed by atoms with Gasteiger partial charge in [-0.05, 0) is 24.3 Å². The van der Waals surface area contributed by atoms with Crippen LogP contribution >= 0.6 is 11.6 Å². The molecule has 0 saturated carbocycles. The summed E-state index contributed by atoms with van der Waals surface area (Å²) in [4.78, 5) is 0. The van der Waals surface area contributed by atoms with Crippen LogP contribution in [-0.2, 0) is 0 Å². The average molecular weight is 310 g/mol. The number of para-hydroxylation sites is 2. The van der Waals surface area contributed by atoms with E-state index in [0.29, 0.717) is 16.5 Å². The first kappa shape index (κ1) is 14.0. The summed E-state index contributed by atoms with van der Waals surface area (Å²) in [5, 5.41) is 17.3. The highest BCUT2D eigenvalue weighted by molar-refractivity contribution is 6.33. The fourth-order valence-corrected chi connectivity index (χ4v) is 2.27. The van der Waals surface area contributed by atoms with Gasteiger partial charge in [-0.1, -0.05) is 41.9 Å². The van der Waals surface area contributed by atoms with Crippen molar-refractivity contribution >= 4 is 28.9 Å². The summed E-state index contributed by atoms with van der Waals surface area (Å²) in [6, 6.07) is 18.7. The quantitative estimate of drug-likeness (QED) is 0.772. The molecule has 0 radical (unpaired) electrons. The largest absolute Gasteiger partial charge is 0.382 e. The van der Waals surface area contributed by atoms with Gasteiger partial charge in [0.1, 0.15) is 17.5 Å². The van der Waals surface area contributed by atoms with Crippen molar-refractivity contribution in [2.45, 2.75) is 0 Å². The van der Waals surface area contributed by atoms with Crippen molar-refractivity contribution in [2.24, 2.45) is 0 Å². The molecule has 3 rings (SSSR count). The minimum absolute atomic E-state index is 0.281. The van der Waals surface area contributed by atoms with Crippen LogP contribution in [0.15, 0.2) is 54.6 Å². The van der Waals surface area contributed by atoms with E-state index in [-0.39, 0.29) is 11.4 Å². The Bertz CT molecular complexity index is 849. The maximum atomic E-state index is 9.35. The summed E-state index contributed by atoms with van der Waals surface area (Å²) in [5.74, 6) is 0.653. The number of nitrogens with one attached hydrogen (secondary N) is 1. The summed E-state index contributed by atoms with van der Waals surface area (Å²) in [6.07, 6.45) is 0. The van der Waals surface area contributed by atoms with E-state index in [1.165, 1.54) is 4.68 Å². The second kappa shape index (κ2) is 5.80. The SMILES string of the molecule is N#Cc1c(Nc2ccccc2Cl)nn(-c2ccccc2)c1N. The zero-order valence-corrected chi connectivity index (χ0v) is 12.2. The van der Waals surface area contributed by atoms with Gasteiger partial charge in [0.25, 0.3) is 0 Å². The smallest absolute Gasteiger partial charge is 0.173 e. The number of nitrogens with zero attached hydrogens (tertiary/aromatic N) is 3. The summed E-state index contributed by atoms with van der Waals surface area (Å²) < 4.78 is 1.53.